The third kappa shape index (κ3) is 2.60. The zero-order chi connectivity index (χ0) is 16.6. The van der Waals surface area contributed by atoms with Gasteiger partial charge in [-0.25, -0.2) is 4.39 Å². The van der Waals surface area contributed by atoms with Crippen molar-refractivity contribution in [2.45, 2.75) is 12.8 Å². The fourth-order valence-electron chi connectivity index (χ4n) is 3.47. The average Bonchev–Trinajstić information content (AvgIpc) is 3.24. The lowest BCUT2D eigenvalue weighted by atomic mass is 9.81. The Morgan fingerprint density at radius 1 is 1.21 bits per heavy atom. The number of benzene rings is 1. The summed E-state index contributed by atoms with van der Waals surface area (Å²) in [5.74, 6) is 0.683. The summed E-state index contributed by atoms with van der Waals surface area (Å²) in [6.45, 7) is 1.62. The second kappa shape index (κ2) is 5.83. The standard InChI is InChI=1S/C17H18FN5O/c18-14-3-1-13(2-4-14)7-17(11-24)5-6-22(10-17)16-9-19-8-15-21-20-12-23(15)16/h1-4,8-9,12,24H,5-7,10-11H2. The maximum atomic E-state index is 13.1. The molecule has 7 heteroatoms. The molecule has 1 fully saturated rings. The predicted octanol–water partition coefficient (Wildman–Crippen LogP) is 1.69. The van der Waals surface area contributed by atoms with Crippen LogP contribution in [0.4, 0.5) is 10.2 Å². The molecule has 1 unspecified atom stereocenters. The van der Waals surface area contributed by atoms with Crippen LogP contribution in [0.3, 0.4) is 0 Å². The van der Waals surface area contributed by atoms with Gasteiger partial charge in [0.1, 0.15) is 18.0 Å². The van der Waals surface area contributed by atoms with Crippen LogP contribution < -0.4 is 4.90 Å². The number of halogens is 1. The van der Waals surface area contributed by atoms with Crippen LogP contribution in [-0.4, -0.2) is 44.4 Å². The molecular weight excluding hydrogens is 309 g/mol. The molecular formula is C17H18FN5O. The molecule has 1 aliphatic rings. The van der Waals surface area contributed by atoms with Crippen molar-refractivity contribution >= 4 is 11.5 Å². The highest BCUT2D eigenvalue weighted by Crippen LogP contribution is 2.36. The van der Waals surface area contributed by atoms with Crippen molar-refractivity contribution in [3.8, 4) is 0 Å². The molecule has 1 N–H and O–H groups in total. The zero-order valence-corrected chi connectivity index (χ0v) is 13.1. The Kier molecular flexibility index (Phi) is 3.65. The Morgan fingerprint density at radius 3 is 2.83 bits per heavy atom. The smallest absolute Gasteiger partial charge is 0.180 e. The normalized spacial score (nSPS) is 20.8. The maximum absolute atomic E-state index is 13.1. The molecule has 1 aromatic carbocycles. The molecule has 3 aromatic rings. The lowest BCUT2D eigenvalue weighted by Crippen LogP contribution is -2.33. The number of nitrogens with zero attached hydrogens (tertiary/aromatic N) is 5. The highest BCUT2D eigenvalue weighted by Gasteiger charge is 2.38. The second-order valence-corrected chi connectivity index (χ2v) is 6.46. The van der Waals surface area contributed by atoms with Gasteiger partial charge in [-0.1, -0.05) is 12.1 Å². The lowest BCUT2D eigenvalue weighted by Gasteiger charge is -2.28. The first-order valence-electron chi connectivity index (χ1n) is 7.93. The SMILES string of the molecule is OCC1(Cc2ccc(F)cc2)CCN(c2cncc3nncn23)C1. The molecule has 1 aliphatic heterocycles. The van der Waals surface area contributed by atoms with Gasteiger partial charge in [-0.05, 0) is 30.5 Å². The molecule has 124 valence electrons. The van der Waals surface area contributed by atoms with Crippen LogP contribution in [0, 0.1) is 11.2 Å². The topological polar surface area (TPSA) is 66.5 Å². The molecule has 0 saturated carbocycles. The van der Waals surface area contributed by atoms with Gasteiger partial charge in [0.15, 0.2) is 5.65 Å². The van der Waals surface area contributed by atoms with Gasteiger partial charge in [-0.3, -0.25) is 9.38 Å². The predicted molar refractivity (Wildman–Crippen MR) is 87.2 cm³/mol. The lowest BCUT2D eigenvalue weighted by molar-refractivity contribution is 0.144. The van der Waals surface area contributed by atoms with Gasteiger partial charge in [-0.2, -0.15) is 0 Å². The molecule has 1 saturated heterocycles. The molecule has 0 amide bonds. The van der Waals surface area contributed by atoms with Crippen LogP contribution in [0.2, 0.25) is 0 Å². The van der Waals surface area contributed by atoms with Crippen molar-refractivity contribution < 1.29 is 9.50 Å². The number of aromatic nitrogens is 4. The molecule has 3 heterocycles. The number of aliphatic hydroxyl groups excluding tert-OH is 1. The average molecular weight is 327 g/mol. The molecule has 24 heavy (non-hydrogen) atoms. The van der Waals surface area contributed by atoms with Crippen LogP contribution >= 0.6 is 0 Å². The van der Waals surface area contributed by atoms with E-state index in [4.69, 9.17) is 0 Å². The summed E-state index contributed by atoms with van der Waals surface area (Å²) in [5.41, 5.74) is 1.49. The number of hydrogen-bond donors (Lipinski definition) is 1. The summed E-state index contributed by atoms with van der Waals surface area (Å²) in [6, 6.07) is 6.51. The first-order chi connectivity index (χ1) is 11.7. The molecule has 4 rings (SSSR count). The Hall–Kier alpha value is -2.54. The van der Waals surface area contributed by atoms with E-state index < -0.39 is 0 Å². The minimum absolute atomic E-state index is 0.0897. The highest BCUT2D eigenvalue weighted by atomic mass is 19.1. The van der Waals surface area contributed by atoms with Crippen molar-refractivity contribution in [2.24, 2.45) is 5.41 Å². The van der Waals surface area contributed by atoms with Gasteiger partial charge in [0.25, 0.3) is 0 Å². The van der Waals surface area contributed by atoms with E-state index in [0.29, 0.717) is 18.6 Å². The number of fused-ring (bicyclic) bond motifs is 1. The van der Waals surface area contributed by atoms with E-state index in [2.05, 4.69) is 20.1 Å². The summed E-state index contributed by atoms with van der Waals surface area (Å²) in [4.78, 5) is 6.43. The zero-order valence-electron chi connectivity index (χ0n) is 13.1. The summed E-state index contributed by atoms with van der Waals surface area (Å²) in [5, 5.41) is 18.0. The maximum Gasteiger partial charge on any atom is 0.180 e. The monoisotopic (exact) mass is 327 g/mol. The van der Waals surface area contributed by atoms with Gasteiger partial charge in [0.2, 0.25) is 0 Å². The van der Waals surface area contributed by atoms with E-state index >= 15 is 0 Å². The van der Waals surface area contributed by atoms with Gasteiger partial charge < -0.3 is 10.0 Å². The number of anilines is 1. The molecule has 0 spiro atoms. The van der Waals surface area contributed by atoms with Crippen molar-refractivity contribution in [1.29, 1.82) is 0 Å². The quantitative estimate of drug-likeness (QED) is 0.790. The van der Waals surface area contributed by atoms with E-state index in [1.807, 2.05) is 4.40 Å². The molecule has 1 atom stereocenters. The van der Waals surface area contributed by atoms with Crippen LogP contribution in [0.15, 0.2) is 43.0 Å². The van der Waals surface area contributed by atoms with Crippen molar-refractivity contribution in [1.82, 2.24) is 19.6 Å². The van der Waals surface area contributed by atoms with Gasteiger partial charge in [0.05, 0.1) is 19.0 Å². The van der Waals surface area contributed by atoms with E-state index in [1.54, 1.807) is 30.9 Å². The van der Waals surface area contributed by atoms with Gasteiger partial charge in [-0.15, -0.1) is 10.2 Å². The van der Waals surface area contributed by atoms with Crippen LogP contribution in [0.1, 0.15) is 12.0 Å². The van der Waals surface area contributed by atoms with E-state index in [0.717, 1.165) is 24.3 Å². The van der Waals surface area contributed by atoms with E-state index in [9.17, 15) is 9.50 Å². The third-order valence-electron chi connectivity index (χ3n) is 4.79. The Morgan fingerprint density at radius 2 is 2.04 bits per heavy atom. The molecule has 0 radical (unpaired) electrons. The molecule has 6 nitrogen and oxygen atoms in total. The van der Waals surface area contributed by atoms with Gasteiger partial charge in [0, 0.05) is 18.5 Å². The molecule has 0 aliphatic carbocycles. The second-order valence-electron chi connectivity index (χ2n) is 6.46. The fraction of sp³-hybridized carbons (Fsp3) is 0.353. The first-order valence-corrected chi connectivity index (χ1v) is 7.93. The summed E-state index contributed by atoms with van der Waals surface area (Å²) >= 11 is 0. The Labute approximate surface area is 138 Å². The number of hydrogen-bond acceptors (Lipinski definition) is 5. The van der Waals surface area contributed by atoms with Crippen molar-refractivity contribution in [3.63, 3.8) is 0 Å². The van der Waals surface area contributed by atoms with Crippen LogP contribution in [0.25, 0.3) is 5.65 Å². The first kappa shape index (κ1) is 15.0. The molecule has 2 aromatic heterocycles. The van der Waals surface area contributed by atoms with E-state index in [-0.39, 0.29) is 17.8 Å². The minimum atomic E-state index is -0.242. The Bertz CT molecular complexity index is 850. The van der Waals surface area contributed by atoms with E-state index in [1.165, 1.54) is 12.1 Å². The van der Waals surface area contributed by atoms with Crippen LogP contribution in [0.5, 0.6) is 0 Å². The summed E-state index contributed by atoms with van der Waals surface area (Å²) in [6.07, 6.45) is 6.71. The minimum Gasteiger partial charge on any atom is -0.396 e. The summed E-state index contributed by atoms with van der Waals surface area (Å²) < 4.78 is 15.0. The molecule has 0 bridgehead atoms. The van der Waals surface area contributed by atoms with Crippen molar-refractivity contribution in [2.75, 3.05) is 24.6 Å². The Balaban J connectivity index is 1.59. The van der Waals surface area contributed by atoms with Crippen LogP contribution in [-0.2, 0) is 6.42 Å². The number of rotatable bonds is 4. The third-order valence-corrected chi connectivity index (χ3v) is 4.79. The fourth-order valence-corrected chi connectivity index (χ4v) is 3.47. The van der Waals surface area contributed by atoms with Gasteiger partial charge >= 0.3 is 0 Å². The highest BCUT2D eigenvalue weighted by molar-refractivity contribution is 5.48. The largest absolute Gasteiger partial charge is 0.396 e. The summed E-state index contributed by atoms with van der Waals surface area (Å²) in [7, 11) is 0. The number of aliphatic hydroxyl groups is 1. The van der Waals surface area contributed by atoms with Crippen molar-refractivity contribution in [3.05, 3.63) is 54.4 Å².